The van der Waals surface area contributed by atoms with E-state index in [0.29, 0.717) is 0 Å². The van der Waals surface area contributed by atoms with Crippen LogP contribution in [0, 0.1) is 12.3 Å². The van der Waals surface area contributed by atoms with Crippen molar-refractivity contribution in [2.75, 3.05) is 0 Å². The summed E-state index contributed by atoms with van der Waals surface area (Å²) in [5, 5.41) is 0. The molecule has 1 heteroatoms. The first-order valence-corrected chi connectivity index (χ1v) is 4.21. The van der Waals surface area contributed by atoms with E-state index in [1.165, 1.54) is 38.5 Å². The fraction of sp³-hybridized carbons (Fsp3) is 0.889. The molecule has 0 N–H and O–H groups in total. The van der Waals surface area contributed by atoms with Crippen LogP contribution in [0.15, 0.2) is 0 Å². The quantitative estimate of drug-likeness (QED) is 0.508. The molecule has 1 aliphatic carbocycles. The summed E-state index contributed by atoms with van der Waals surface area (Å²) < 4.78 is 0. The topological polar surface area (TPSA) is 0 Å². The molecular weight excluding hydrogens is 115 g/mol. The monoisotopic (exact) mass is 133 g/mol. The summed E-state index contributed by atoms with van der Waals surface area (Å²) >= 11 is 0. The van der Waals surface area contributed by atoms with Crippen LogP contribution in [0.4, 0.5) is 0 Å². The molecule has 0 aliphatic heterocycles. The first-order valence-electron chi connectivity index (χ1n) is 4.21. The summed E-state index contributed by atoms with van der Waals surface area (Å²) in [5.41, 5.74) is 0. The van der Waals surface area contributed by atoms with Gasteiger partial charge in [0.1, 0.15) is 0 Å². The van der Waals surface area contributed by atoms with Crippen LogP contribution in [0.3, 0.4) is 0 Å². The van der Waals surface area contributed by atoms with E-state index in [1.54, 1.807) is 0 Å². The second-order valence-electron chi connectivity index (χ2n) is 3.15. The van der Waals surface area contributed by atoms with Gasteiger partial charge in [0.15, 0.2) is 0 Å². The van der Waals surface area contributed by atoms with Crippen LogP contribution in [0.25, 0.3) is 0 Å². The Morgan fingerprint density at radius 3 is 2.30 bits per heavy atom. The van der Waals surface area contributed by atoms with Gasteiger partial charge in [-0.1, -0.05) is 39.0 Å². The summed E-state index contributed by atoms with van der Waals surface area (Å²) in [6.45, 7) is 2.18. The summed E-state index contributed by atoms with van der Waals surface area (Å²) in [6.07, 6.45) is 11.1. The zero-order chi connectivity index (χ0) is 6.53. The predicted molar refractivity (Wildman–Crippen MR) is 48.3 cm³/mol. The molecule has 0 nitrogen and oxygen atoms in total. The van der Waals surface area contributed by atoms with Crippen molar-refractivity contribution in [1.29, 1.82) is 0 Å². The molecule has 0 bridgehead atoms. The normalized spacial score (nSPS) is 20.1. The van der Waals surface area contributed by atoms with Crippen LogP contribution >= 0.6 is 0 Å². The second-order valence-corrected chi connectivity index (χ2v) is 3.15. The van der Waals surface area contributed by atoms with Gasteiger partial charge in [-0.2, -0.15) is 0 Å². The Hall–Kier alpha value is 0.597. The van der Waals surface area contributed by atoms with E-state index < -0.39 is 0 Å². The summed E-state index contributed by atoms with van der Waals surface area (Å²) in [6, 6.07) is 0. The molecule has 0 aromatic rings. The standard InChI is InChI=1S/C9H17.Li.H/c1-2-6-9-7-4-3-5-8-9;;/h2,9H,3-8H2,1H3;;. The molecule has 0 heterocycles. The Morgan fingerprint density at radius 1 is 1.20 bits per heavy atom. The van der Waals surface area contributed by atoms with Crippen molar-refractivity contribution in [3.8, 4) is 0 Å². The summed E-state index contributed by atoms with van der Waals surface area (Å²) in [7, 11) is 0. The molecule has 0 saturated heterocycles. The third-order valence-corrected chi connectivity index (χ3v) is 2.29. The van der Waals surface area contributed by atoms with Gasteiger partial charge in [0.25, 0.3) is 0 Å². The minimum absolute atomic E-state index is 0. The van der Waals surface area contributed by atoms with Crippen LogP contribution in [0.1, 0.15) is 45.4 Å². The predicted octanol–water partition coefficient (Wildman–Crippen LogP) is 2.53. The molecule has 0 aromatic carbocycles. The maximum absolute atomic E-state index is 2.32. The van der Waals surface area contributed by atoms with Gasteiger partial charge in [-0.3, -0.25) is 0 Å². The molecule has 1 saturated carbocycles. The third kappa shape index (κ3) is 3.69. The molecule has 55 valence electrons. The Morgan fingerprint density at radius 2 is 1.80 bits per heavy atom. The third-order valence-electron chi connectivity index (χ3n) is 2.29. The van der Waals surface area contributed by atoms with Crippen LogP contribution in [0.5, 0.6) is 0 Å². The maximum atomic E-state index is 2.32. The van der Waals surface area contributed by atoms with E-state index in [0.717, 1.165) is 5.92 Å². The zero-order valence-corrected chi connectivity index (χ0v) is 6.40. The van der Waals surface area contributed by atoms with Crippen molar-refractivity contribution in [3.63, 3.8) is 0 Å². The Bertz CT molecular complexity index is 62.4. The number of hydrogen-bond acceptors (Lipinski definition) is 0. The summed E-state index contributed by atoms with van der Waals surface area (Å²) in [4.78, 5) is 0. The van der Waals surface area contributed by atoms with Crippen molar-refractivity contribution < 1.29 is 0 Å². The molecule has 1 fully saturated rings. The van der Waals surface area contributed by atoms with Gasteiger partial charge in [-0.15, -0.1) is 0 Å². The number of rotatable bonds is 2. The van der Waals surface area contributed by atoms with Crippen molar-refractivity contribution in [3.05, 3.63) is 6.42 Å². The van der Waals surface area contributed by atoms with E-state index in [1.807, 2.05) is 0 Å². The van der Waals surface area contributed by atoms with Gasteiger partial charge in [-0.05, 0) is 18.8 Å². The Balaban J connectivity index is 0.000000810. The molecule has 1 aliphatic rings. The molecule has 0 unspecified atom stereocenters. The van der Waals surface area contributed by atoms with E-state index in [-0.39, 0.29) is 18.9 Å². The molecular formula is C9H18Li. The molecule has 1 radical (unpaired) electrons. The molecule has 1 rings (SSSR count). The molecule has 0 spiro atoms. The van der Waals surface area contributed by atoms with Crippen LogP contribution in [-0.4, -0.2) is 18.9 Å². The van der Waals surface area contributed by atoms with Gasteiger partial charge in [0.2, 0.25) is 0 Å². The molecule has 0 aromatic heterocycles. The minimum atomic E-state index is 0. The van der Waals surface area contributed by atoms with E-state index >= 15 is 0 Å². The first kappa shape index (κ1) is 10.6. The number of hydrogen-bond donors (Lipinski definition) is 0. The average Bonchev–Trinajstić information content (AvgIpc) is 1.91. The Kier molecular flexibility index (Phi) is 6.69. The zero-order valence-electron chi connectivity index (χ0n) is 6.40. The fourth-order valence-corrected chi connectivity index (χ4v) is 1.76. The van der Waals surface area contributed by atoms with Crippen molar-refractivity contribution in [1.82, 2.24) is 0 Å². The molecule has 0 amide bonds. The first-order chi connectivity index (χ1) is 4.43. The molecule has 10 heavy (non-hydrogen) atoms. The van der Waals surface area contributed by atoms with Crippen molar-refractivity contribution >= 4 is 18.9 Å². The van der Waals surface area contributed by atoms with Crippen molar-refractivity contribution in [2.45, 2.75) is 45.4 Å². The Labute approximate surface area is 77.0 Å². The average molecular weight is 133 g/mol. The second kappa shape index (κ2) is 6.32. The van der Waals surface area contributed by atoms with Crippen LogP contribution in [-0.2, 0) is 0 Å². The van der Waals surface area contributed by atoms with Crippen molar-refractivity contribution in [2.24, 2.45) is 5.92 Å². The van der Waals surface area contributed by atoms with Gasteiger partial charge in [0.05, 0.1) is 0 Å². The van der Waals surface area contributed by atoms with Crippen LogP contribution in [0.2, 0.25) is 0 Å². The summed E-state index contributed by atoms with van der Waals surface area (Å²) in [5.74, 6) is 1.05. The fourth-order valence-electron chi connectivity index (χ4n) is 1.76. The SMILES string of the molecule is C[CH]CC1CCCCC1.[LiH]. The van der Waals surface area contributed by atoms with E-state index in [4.69, 9.17) is 0 Å². The van der Waals surface area contributed by atoms with Gasteiger partial charge < -0.3 is 0 Å². The van der Waals surface area contributed by atoms with Gasteiger partial charge >= 0.3 is 18.9 Å². The van der Waals surface area contributed by atoms with Crippen LogP contribution < -0.4 is 0 Å². The van der Waals surface area contributed by atoms with E-state index in [2.05, 4.69) is 13.3 Å². The van der Waals surface area contributed by atoms with Gasteiger partial charge in [-0.25, -0.2) is 0 Å². The molecule has 0 atom stereocenters. The van der Waals surface area contributed by atoms with Gasteiger partial charge in [0, 0.05) is 0 Å². The van der Waals surface area contributed by atoms with E-state index in [9.17, 15) is 0 Å².